The van der Waals surface area contributed by atoms with Crippen molar-refractivity contribution in [2.24, 2.45) is 5.73 Å². The highest BCUT2D eigenvalue weighted by atomic mass is 35.5. The number of rotatable bonds is 9. The average molecular weight is 638 g/mol. The molecule has 0 amide bonds. The van der Waals surface area contributed by atoms with Crippen LogP contribution in [0.3, 0.4) is 0 Å². The van der Waals surface area contributed by atoms with Gasteiger partial charge in [-0.3, -0.25) is 0 Å². The van der Waals surface area contributed by atoms with Gasteiger partial charge in [0.15, 0.2) is 18.1 Å². The Morgan fingerprint density at radius 1 is 0.907 bits per heavy atom. The van der Waals surface area contributed by atoms with E-state index in [2.05, 4.69) is 6.07 Å². The number of nitrogens with zero attached hydrogens (tertiary/aromatic N) is 1. The molecule has 4 aromatic rings. The lowest BCUT2D eigenvalue weighted by atomic mass is 9.83. The fraction of sp³-hybridized carbons (Fsp3) is 0.125. The molecule has 0 aromatic heterocycles. The first-order valence-corrected chi connectivity index (χ1v) is 13.9. The van der Waals surface area contributed by atoms with Crippen LogP contribution < -0.4 is 29.4 Å². The van der Waals surface area contributed by atoms with Gasteiger partial charge in [0.1, 0.15) is 35.5 Å². The van der Waals surface area contributed by atoms with Gasteiger partial charge >= 0.3 is 5.97 Å². The Bertz CT molecular complexity index is 1750. The highest BCUT2D eigenvalue weighted by Crippen LogP contribution is 2.45. The summed E-state index contributed by atoms with van der Waals surface area (Å²) in [4.78, 5) is 12.5. The molecule has 0 fully saturated rings. The molecule has 0 radical (unpaired) electrons. The van der Waals surface area contributed by atoms with Gasteiger partial charge in [-0.05, 0) is 59.7 Å². The number of allylic oxidation sites excluding steroid dienone is 1. The minimum atomic E-state index is -0.668. The second-order valence-corrected chi connectivity index (χ2v) is 10.6. The third kappa shape index (κ3) is 6.92. The number of fused-ring (bicyclic) bond motifs is 1. The van der Waals surface area contributed by atoms with Crippen LogP contribution in [0, 0.1) is 11.3 Å². The molecule has 11 heteroatoms. The zero-order valence-electron chi connectivity index (χ0n) is 22.6. The van der Waals surface area contributed by atoms with Gasteiger partial charge < -0.3 is 29.4 Å². The molecular formula is C32H23Cl3N2O6. The molecule has 0 aliphatic carbocycles. The van der Waals surface area contributed by atoms with Crippen molar-refractivity contribution in [2.75, 3.05) is 13.7 Å². The van der Waals surface area contributed by atoms with E-state index in [4.69, 9.17) is 64.2 Å². The summed E-state index contributed by atoms with van der Waals surface area (Å²) in [6, 6.07) is 24.4. The molecule has 1 atom stereocenters. The minimum absolute atomic E-state index is 0.0637. The summed E-state index contributed by atoms with van der Waals surface area (Å²) in [5.41, 5.74) is 8.69. The molecule has 1 aliphatic heterocycles. The summed E-state index contributed by atoms with van der Waals surface area (Å²) in [7, 11) is 1.53. The summed E-state index contributed by atoms with van der Waals surface area (Å²) in [6.07, 6.45) is 0. The van der Waals surface area contributed by atoms with Crippen molar-refractivity contribution in [2.45, 2.75) is 12.5 Å². The Kier molecular flexibility index (Phi) is 9.17. The van der Waals surface area contributed by atoms with Crippen molar-refractivity contribution in [3.8, 4) is 34.8 Å². The largest absolute Gasteiger partial charge is 0.493 e. The first kappa shape index (κ1) is 29.9. The SMILES string of the molecule is COc1cc(C2C(C#N)=C(N)Oc3cc(OC(=O)COc4ccc(Cl)cc4Cl)ccc32)ccc1OCc1ccc(Cl)cc1. The van der Waals surface area contributed by atoms with Crippen molar-refractivity contribution in [1.82, 2.24) is 0 Å². The summed E-state index contributed by atoms with van der Waals surface area (Å²) < 4.78 is 28.2. The second-order valence-electron chi connectivity index (χ2n) is 9.29. The predicted molar refractivity (Wildman–Crippen MR) is 162 cm³/mol. The number of ether oxygens (including phenoxy) is 5. The van der Waals surface area contributed by atoms with E-state index < -0.39 is 18.5 Å². The van der Waals surface area contributed by atoms with Crippen LogP contribution in [0.5, 0.6) is 28.7 Å². The van der Waals surface area contributed by atoms with Crippen LogP contribution in [-0.4, -0.2) is 19.7 Å². The molecule has 1 unspecified atom stereocenters. The van der Waals surface area contributed by atoms with Gasteiger partial charge in [-0.15, -0.1) is 0 Å². The van der Waals surface area contributed by atoms with E-state index in [0.29, 0.717) is 45.2 Å². The third-order valence-electron chi connectivity index (χ3n) is 6.49. The monoisotopic (exact) mass is 636 g/mol. The van der Waals surface area contributed by atoms with Gasteiger partial charge in [0.25, 0.3) is 0 Å². The number of nitriles is 1. The van der Waals surface area contributed by atoms with E-state index >= 15 is 0 Å². The fourth-order valence-corrected chi connectivity index (χ4v) is 5.05. The zero-order chi connectivity index (χ0) is 30.5. The first-order valence-electron chi connectivity index (χ1n) is 12.8. The number of hydrogen-bond donors (Lipinski definition) is 1. The highest BCUT2D eigenvalue weighted by Gasteiger charge is 2.32. The van der Waals surface area contributed by atoms with E-state index in [1.54, 1.807) is 48.5 Å². The number of hydrogen-bond acceptors (Lipinski definition) is 8. The molecule has 218 valence electrons. The molecule has 0 saturated carbocycles. The number of halogens is 3. The maximum absolute atomic E-state index is 12.5. The normalized spacial score (nSPS) is 13.8. The molecule has 43 heavy (non-hydrogen) atoms. The number of carbonyl (C=O) groups excluding carboxylic acids is 1. The quantitative estimate of drug-likeness (QED) is 0.149. The lowest BCUT2D eigenvalue weighted by molar-refractivity contribution is -0.136. The Hall–Kier alpha value is -4.55. The summed E-state index contributed by atoms with van der Waals surface area (Å²) in [5, 5.41) is 11.3. The summed E-state index contributed by atoms with van der Waals surface area (Å²) >= 11 is 18.0. The van der Waals surface area contributed by atoms with Crippen molar-refractivity contribution in [1.29, 1.82) is 5.26 Å². The Morgan fingerprint density at radius 3 is 2.37 bits per heavy atom. The van der Waals surface area contributed by atoms with Crippen LogP contribution in [0.1, 0.15) is 22.6 Å². The van der Waals surface area contributed by atoms with Crippen molar-refractivity contribution in [3.63, 3.8) is 0 Å². The van der Waals surface area contributed by atoms with Crippen LogP contribution in [0.2, 0.25) is 15.1 Å². The van der Waals surface area contributed by atoms with Crippen molar-refractivity contribution >= 4 is 40.8 Å². The fourth-order valence-electron chi connectivity index (χ4n) is 4.46. The van der Waals surface area contributed by atoms with E-state index in [9.17, 15) is 10.1 Å². The van der Waals surface area contributed by atoms with Gasteiger partial charge in [0, 0.05) is 21.7 Å². The lowest BCUT2D eigenvalue weighted by Crippen LogP contribution is -2.22. The minimum Gasteiger partial charge on any atom is -0.493 e. The number of methoxy groups -OCH3 is 1. The van der Waals surface area contributed by atoms with Crippen LogP contribution in [0.15, 0.2) is 90.3 Å². The van der Waals surface area contributed by atoms with Gasteiger partial charge in [-0.2, -0.15) is 5.26 Å². The summed E-state index contributed by atoms with van der Waals surface area (Å²) in [6.45, 7) is -0.0860. The van der Waals surface area contributed by atoms with Gasteiger partial charge in [0.2, 0.25) is 5.88 Å². The smallest absolute Gasteiger partial charge is 0.349 e. The molecule has 2 N–H and O–H groups in total. The molecule has 8 nitrogen and oxygen atoms in total. The molecule has 1 heterocycles. The van der Waals surface area contributed by atoms with Crippen LogP contribution in [0.25, 0.3) is 0 Å². The molecule has 0 spiro atoms. The van der Waals surface area contributed by atoms with Crippen LogP contribution in [0.4, 0.5) is 0 Å². The van der Waals surface area contributed by atoms with Crippen molar-refractivity contribution in [3.05, 3.63) is 122 Å². The standard InChI is InChI=1S/C32H23Cl3N2O6/c1-39-29-12-19(4-10-27(29)40-16-18-2-5-20(33)6-3-18)31-23-9-8-22(14-28(23)43-32(37)24(31)15-36)42-30(38)17-41-26-11-7-21(34)13-25(26)35/h2-14,31H,16-17,37H2,1H3. The Morgan fingerprint density at radius 2 is 1.65 bits per heavy atom. The van der Waals surface area contributed by atoms with Gasteiger partial charge in [-0.25, -0.2) is 4.79 Å². The predicted octanol–water partition coefficient (Wildman–Crippen LogP) is 7.44. The maximum Gasteiger partial charge on any atom is 0.349 e. The first-order chi connectivity index (χ1) is 20.7. The number of carbonyl (C=O) groups is 1. The van der Waals surface area contributed by atoms with Crippen molar-refractivity contribution < 1.29 is 28.5 Å². The molecule has 0 bridgehead atoms. The van der Waals surface area contributed by atoms with E-state index in [1.165, 1.54) is 19.2 Å². The van der Waals surface area contributed by atoms with E-state index in [1.807, 2.05) is 18.2 Å². The number of esters is 1. The lowest BCUT2D eigenvalue weighted by Gasteiger charge is -2.27. The number of nitrogens with two attached hydrogens (primary N) is 1. The van der Waals surface area contributed by atoms with Crippen LogP contribution >= 0.6 is 34.8 Å². The summed E-state index contributed by atoms with van der Waals surface area (Å²) in [5.74, 6) is 0.506. The molecule has 0 saturated heterocycles. The Balaban J connectivity index is 1.35. The second kappa shape index (κ2) is 13.2. The van der Waals surface area contributed by atoms with E-state index in [0.717, 1.165) is 11.1 Å². The molecule has 1 aliphatic rings. The van der Waals surface area contributed by atoms with Crippen LogP contribution in [-0.2, 0) is 11.4 Å². The molecule has 4 aromatic carbocycles. The molecule has 5 rings (SSSR count). The topological polar surface area (TPSA) is 113 Å². The van der Waals surface area contributed by atoms with Gasteiger partial charge in [-0.1, -0.05) is 59.1 Å². The third-order valence-corrected chi connectivity index (χ3v) is 7.27. The highest BCUT2D eigenvalue weighted by molar-refractivity contribution is 6.35. The number of benzene rings is 4. The maximum atomic E-state index is 12.5. The molecular weight excluding hydrogens is 615 g/mol. The van der Waals surface area contributed by atoms with E-state index in [-0.39, 0.29) is 22.2 Å². The Labute approximate surface area is 262 Å². The average Bonchev–Trinajstić information content (AvgIpc) is 2.99. The van der Waals surface area contributed by atoms with Gasteiger partial charge in [0.05, 0.1) is 18.1 Å². The zero-order valence-corrected chi connectivity index (χ0v) is 24.9.